The zero-order valence-corrected chi connectivity index (χ0v) is 10.2. The van der Waals surface area contributed by atoms with Crippen LogP contribution in [0.2, 0.25) is 0 Å². The molecule has 0 saturated carbocycles. The molecule has 0 amide bonds. The summed E-state index contributed by atoms with van der Waals surface area (Å²) in [5.74, 6) is -0.891. The van der Waals surface area contributed by atoms with Crippen LogP contribution in [0, 0.1) is 5.82 Å². The van der Waals surface area contributed by atoms with Crippen LogP contribution in [0.3, 0.4) is 0 Å². The van der Waals surface area contributed by atoms with Gasteiger partial charge in [-0.1, -0.05) is 18.6 Å². The van der Waals surface area contributed by atoms with Crippen LogP contribution in [0.5, 0.6) is 0 Å². The fourth-order valence-electron chi connectivity index (χ4n) is 1.43. The summed E-state index contributed by atoms with van der Waals surface area (Å²) in [6, 6.07) is 6.02. The quantitative estimate of drug-likeness (QED) is 0.765. The van der Waals surface area contributed by atoms with Gasteiger partial charge in [-0.25, -0.2) is 4.39 Å². The minimum absolute atomic E-state index is 0.131. The van der Waals surface area contributed by atoms with Crippen molar-refractivity contribution in [3.8, 4) is 0 Å². The molecule has 3 nitrogen and oxygen atoms in total. The zero-order valence-electron chi connectivity index (χ0n) is 9.39. The summed E-state index contributed by atoms with van der Waals surface area (Å²) in [5.41, 5.74) is 0. The van der Waals surface area contributed by atoms with Crippen LogP contribution in [0.4, 0.5) is 4.39 Å². The molecule has 0 saturated heterocycles. The summed E-state index contributed by atoms with van der Waals surface area (Å²) >= 11 is 0. The number of rotatable bonds is 7. The van der Waals surface area contributed by atoms with Crippen molar-refractivity contribution < 1.29 is 18.5 Å². The fourth-order valence-corrected chi connectivity index (χ4v) is 2.63. The van der Waals surface area contributed by atoms with Crippen molar-refractivity contribution in [3.05, 3.63) is 30.1 Å². The van der Waals surface area contributed by atoms with E-state index in [1.54, 1.807) is 12.1 Å². The Hall–Kier alpha value is -1.23. The van der Waals surface area contributed by atoms with E-state index in [1.165, 1.54) is 12.1 Å². The normalized spacial score (nSPS) is 12.3. The van der Waals surface area contributed by atoms with E-state index < -0.39 is 22.6 Å². The van der Waals surface area contributed by atoms with Crippen LogP contribution in [0.25, 0.3) is 0 Å². The SMILES string of the molecule is O=C(O)CCCCCS(=O)c1ccccc1F. The molecule has 0 aliphatic heterocycles. The van der Waals surface area contributed by atoms with Crippen LogP contribution in [-0.4, -0.2) is 21.0 Å². The van der Waals surface area contributed by atoms with Crippen molar-refractivity contribution >= 4 is 16.8 Å². The maximum atomic E-state index is 13.3. The third kappa shape index (κ3) is 5.08. The van der Waals surface area contributed by atoms with Gasteiger partial charge in [-0.2, -0.15) is 0 Å². The van der Waals surface area contributed by atoms with Crippen molar-refractivity contribution in [2.45, 2.75) is 30.6 Å². The predicted molar refractivity (Wildman–Crippen MR) is 63.8 cm³/mol. The molecule has 1 unspecified atom stereocenters. The second-order valence-electron chi connectivity index (χ2n) is 3.68. The molecule has 0 spiro atoms. The highest BCUT2D eigenvalue weighted by molar-refractivity contribution is 7.85. The van der Waals surface area contributed by atoms with Gasteiger partial charge in [-0.15, -0.1) is 0 Å². The van der Waals surface area contributed by atoms with Gasteiger partial charge in [0.1, 0.15) is 5.82 Å². The monoisotopic (exact) mass is 258 g/mol. The van der Waals surface area contributed by atoms with E-state index in [4.69, 9.17) is 5.11 Å². The highest BCUT2D eigenvalue weighted by Crippen LogP contribution is 2.13. The molecule has 1 atom stereocenters. The Balaban J connectivity index is 2.31. The van der Waals surface area contributed by atoms with Gasteiger partial charge in [-0.05, 0) is 25.0 Å². The number of hydrogen-bond acceptors (Lipinski definition) is 2. The highest BCUT2D eigenvalue weighted by atomic mass is 32.2. The number of carboxylic acids is 1. The largest absolute Gasteiger partial charge is 0.481 e. The predicted octanol–water partition coefficient (Wildman–Crippen LogP) is 2.58. The van der Waals surface area contributed by atoms with Gasteiger partial charge in [0.25, 0.3) is 0 Å². The Morgan fingerprint density at radius 1 is 1.24 bits per heavy atom. The number of carboxylic acid groups (broad SMARTS) is 1. The summed E-state index contributed by atoms with van der Waals surface area (Å²) in [6.45, 7) is 0. The Labute approximate surface area is 102 Å². The summed E-state index contributed by atoms with van der Waals surface area (Å²) < 4.78 is 25.0. The molecule has 0 aromatic heterocycles. The van der Waals surface area contributed by atoms with Crippen molar-refractivity contribution in [1.82, 2.24) is 0 Å². The molecule has 0 fully saturated rings. The number of benzene rings is 1. The topological polar surface area (TPSA) is 54.4 Å². The smallest absolute Gasteiger partial charge is 0.303 e. The first kappa shape index (κ1) is 13.8. The van der Waals surface area contributed by atoms with E-state index >= 15 is 0 Å². The van der Waals surface area contributed by atoms with Crippen LogP contribution in [-0.2, 0) is 15.6 Å². The molecule has 1 rings (SSSR count). The molecule has 17 heavy (non-hydrogen) atoms. The number of hydrogen-bond donors (Lipinski definition) is 1. The first-order valence-corrected chi connectivity index (χ1v) is 6.78. The lowest BCUT2D eigenvalue weighted by Gasteiger charge is -2.03. The molecular weight excluding hydrogens is 243 g/mol. The number of unbranched alkanes of at least 4 members (excludes halogenated alkanes) is 2. The molecule has 0 aliphatic rings. The van der Waals surface area contributed by atoms with Crippen LogP contribution in [0.1, 0.15) is 25.7 Å². The Bertz CT molecular complexity index is 406. The lowest BCUT2D eigenvalue weighted by atomic mass is 10.2. The van der Waals surface area contributed by atoms with Gasteiger partial charge < -0.3 is 5.11 Å². The Kier molecular flexibility index (Phi) is 5.83. The van der Waals surface area contributed by atoms with E-state index in [9.17, 15) is 13.4 Å². The molecule has 94 valence electrons. The lowest BCUT2D eigenvalue weighted by molar-refractivity contribution is -0.137. The number of halogens is 1. The van der Waals surface area contributed by atoms with E-state index in [-0.39, 0.29) is 11.3 Å². The maximum absolute atomic E-state index is 13.3. The first-order chi connectivity index (χ1) is 8.11. The standard InChI is InChI=1S/C12H15FO3S/c13-10-6-3-4-7-11(10)17(16)9-5-1-2-8-12(14)15/h3-4,6-7H,1-2,5,8-9H2,(H,14,15). The van der Waals surface area contributed by atoms with E-state index in [0.29, 0.717) is 25.0 Å². The van der Waals surface area contributed by atoms with Gasteiger partial charge >= 0.3 is 5.97 Å². The molecule has 0 heterocycles. The molecule has 0 radical (unpaired) electrons. The molecule has 1 N–H and O–H groups in total. The molecule has 1 aromatic carbocycles. The fraction of sp³-hybridized carbons (Fsp3) is 0.417. The lowest BCUT2D eigenvalue weighted by Crippen LogP contribution is -2.01. The van der Waals surface area contributed by atoms with Crippen molar-refractivity contribution in [3.63, 3.8) is 0 Å². The van der Waals surface area contributed by atoms with Gasteiger partial charge in [0.2, 0.25) is 0 Å². The van der Waals surface area contributed by atoms with Crippen molar-refractivity contribution in [2.24, 2.45) is 0 Å². The summed E-state index contributed by atoms with van der Waals surface area (Å²) in [7, 11) is -1.33. The molecule has 5 heteroatoms. The van der Waals surface area contributed by atoms with Gasteiger partial charge in [-0.3, -0.25) is 9.00 Å². The zero-order chi connectivity index (χ0) is 12.7. The van der Waals surface area contributed by atoms with Crippen LogP contribution < -0.4 is 0 Å². The van der Waals surface area contributed by atoms with Crippen LogP contribution >= 0.6 is 0 Å². The van der Waals surface area contributed by atoms with Crippen molar-refractivity contribution in [2.75, 3.05) is 5.75 Å². The van der Waals surface area contributed by atoms with Crippen molar-refractivity contribution in [1.29, 1.82) is 0 Å². The van der Waals surface area contributed by atoms with Crippen LogP contribution in [0.15, 0.2) is 29.2 Å². The van der Waals surface area contributed by atoms with Gasteiger partial charge in [0.05, 0.1) is 15.7 Å². The third-order valence-corrected chi connectivity index (χ3v) is 3.78. The van der Waals surface area contributed by atoms with Gasteiger partial charge in [0, 0.05) is 12.2 Å². The average Bonchev–Trinajstić information content (AvgIpc) is 2.28. The highest BCUT2D eigenvalue weighted by Gasteiger charge is 2.08. The van der Waals surface area contributed by atoms with Gasteiger partial charge in [0.15, 0.2) is 0 Å². The van der Waals surface area contributed by atoms with E-state index in [0.717, 1.165) is 0 Å². The summed E-state index contributed by atoms with van der Waals surface area (Å²) in [6.07, 6.45) is 2.05. The Morgan fingerprint density at radius 3 is 2.59 bits per heavy atom. The summed E-state index contributed by atoms with van der Waals surface area (Å²) in [5, 5.41) is 8.43. The first-order valence-electron chi connectivity index (χ1n) is 5.46. The molecule has 1 aromatic rings. The number of carbonyl (C=O) groups is 1. The second kappa shape index (κ2) is 7.17. The average molecular weight is 258 g/mol. The minimum Gasteiger partial charge on any atom is -0.481 e. The number of aliphatic carboxylic acids is 1. The molecule has 0 aliphatic carbocycles. The van der Waals surface area contributed by atoms with E-state index in [1.807, 2.05) is 0 Å². The maximum Gasteiger partial charge on any atom is 0.303 e. The molecular formula is C12H15FO3S. The second-order valence-corrected chi connectivity index (χ2v) is 5.22. The Morgan fingerprint density at radius 2 is 1.94 bits per heavy atom. The third-order valence-electron chi connectivity index (χ3n) is 2.30. The summed E-state index contributed by atoms with van der Waals surface area (Å²) in [4.78, 5) is 10.5. The molecule has 0 bridgehead atoms. The minimum atomic E-state index is -1.33. The van der Waals surface area contributed by atoms with E-state index in [2.05, 4.69) is 0 Å².